The molecule has 1 aliphatic heterocycles. The standard InChI is InChI=1S/C15H21BrFNS2/c1-3-13-15(20-8-7-19-13)12(18-2)9-10-5-4-6-11(17)14(10)16/h4-6,12-13,15,18H,3,7-9H2,1-2H3. The molecule has 3 atom stereocenters. The minimum Gasteiger partial charge on any atom is -0.316 e. The summed E-state index contributed by atoms with van der Waals surface area (Å²) in [7, 11) is 2.02. The average molecular weight is 378 g/mol. The molecule has 1 aromatic rings. The minimum absolute atomic E-state index is 0.171. The van der Waals surface area contributed by atoms with Gasteiger partial charge < -0.3 is 5.32 Å². The molecule has 0 radical (unpaired) electrons. The third-order valence-corrected chi connectivity index (χ3v) is 8.03. The van der Waals surface area contributed by atoms with Gasteiger partial charge in [0.15, 0.2) is 0 Å². The van der Waals surface area contributed by atoms with E-state index < -0.39 is 0 Å². The van der Waals surface area contributed by atoms with Gasteiger partial charge >= 0.3 is 0 Å². The normalized spacial score (nSPS) is 24.6. The smallest absolute Gasteiger partial charge is 0.137 e. The van der Waals surface area contributed by atoms with Gasteiger partial charge in [0.05, 0.1) is 4.47 Å². The van der Waals surface area contributed by atoms with E-state index in [4.69, 9.17) is 0 Å². The molecule has 1 nitrogen and oxygen atoms in total. The Morgan fingerprint density at radius 3 is 2.85 bits per heavy atom. The molecule has 20 heavy (non-hydrogen) atoms. The van der Waals surface area contributed by atoms with Crippen molar-refractivity contribution in [3.05, 3.63) is 34.1 Å². The molecular weight excluding hydrogens is 357 g/mol. The van der Waals surface area contributed by atoms with Crippen LogP contribution in [0.25, 0.3) is 0 Å². The predicted molar refractivity (Wildman–Crippen MR) is 93.4 cm³/mol. The van der Waals surface area contributed by atoms with Gasteiger partial charge in [-0.2, -0.15) is 23.5 Å². The van der Waals surface area contributed by atoms with Crippen molar-refractivity contribution in [2.45, 2.75) is 36.3 Å². The molecular formula is C15H21BrFNS2. The maximum absolute atomic E-state index is 13.6. The SMILES string of the molecule is CCC1SCCSC1C(Cc1cccc(F)c1Br)NC. The Balaban J connectivity index is 2.13. The van der Waals surface area contributed by atoms with Crippen molar-refractivity contribution < 1.29 is 4.39 Å². The van der Waals surface area contributed by atoms with Crippen LogP contribution >= 0.6 is 39.5 Å². The van der Waals surface area contributed by atoms with Gasteiger partial charge in [0.1, 0.15) is 5.82 Å². The highest BCUT2D eigenvalue weighted by Crippen LogP contribution is 2.36. The van der Waals surface area contributed by atoms with Gasteiger partial charge in [0.25, 0.3) is 0 Å². The molecule has 5 heteroatoms. The topological polar surface area (TPSA) is 12.0 Å². The molecule has 0 bridgehead atoms. The zero-order valence-electron chi connectivity index (χ0n) is 11.9. The summed E-state index contributed by atoms with van der Waals surface area (Å²) in [6.07, 6.45) is 2.06. The Labute approximate surface area is 138 Å². The first-order valence-corrected chi connectivity index (χ1v) is 9.89. The Morgan fingerprint density at radius 2 is 2.15 bits per heavy atom. The third kappa shape index (κ3) is 3.93. The van der Waals surface area contributed by atoms with Crippen LogP contribution in [0.3, 0.4) is 0 Å². The molecule has 3 unspecified atom stereocenters. The summed E-state index contributed by atoms with van der Waals surface area (Å²) in [5, 5.41) is 4.74. The summed E-state index contributed by atoms with van der Waals surface area (Å²) in [5.41, 5.74) is 1.05. The molecule has 1 aromatic carbocycles. The molecule has 0 saturated carbocycles. The van der Waals surface area contributed by atoms with Crippen molar-refractivity contribution >= 4 is 39.5 Å². The van der Waals surface area contributed by atoms with E-state index in [2.05, 4.69) is 51.7 Å². The summed E-state index contributed by atoms with van der Waals surface area (Å²) in [6.45, 7) is 2.27. The Morgan fingerprint density at radius 1 is 1.40 bits per heavy atom. The van der Waals surface area contributed by atoms with Crippen LogP contribution in [0.1, 0.15) is 18.9 Å². The van der Waals surface area contributed by atoms with E-state index in [-0.39, 0.29) is 5.82 Å². The molecule has 1 N–H and O–H groups in total. The summed E-state index contributed by atoms with van der Waals surface area (Å²) in [6, 6.07) is 5.69. The van der Waals surface area contributed by atoms with Crippen LogP contribution in [0.5, 0.6) is 0 Å². The van der Waals surface area contributed by atoms with Crippen molar-refractivity contribution in [1.29, 1.82) is 0 Å². The second-order valence-corrected chi connectivity index (χ2v) is 8.39. The van der Waals surface area contributed by atoms with E-state index in [0.717, 1.165) is 12.0 Å². The largest absolute Gasteiger partial charge is 0.316 e. The van der Waals surface area contributed by atoms with Crippen LogP contribution < -0.4 is 5.32 Å². The average Bonchev–Trinajstić information content (AvgIpc) is 2.49. The van der Waals surface area contributed by atoms with E-state index in [0.29, 0.717) is 21.0 Å². The van der Waals surface area contributed by atoms with Gasteiger partial charge in [-0.1, -0.05) is 19.1 Å². The quantitative estimate of drug-likeness (QED) is 0.818. The molecule has 112 valence electrons. The van der Waals surface area contributed by atoms with Crippen molar-refractivity contribution in [2.75, 3.05) is 18.6 Å². The summed E-state index contributed by atoms with van der Waals surface area (Å²) in [4.78, 5) is 0. The van der Waals surface area contributed by atoms with Gasteiger partial charge in [-0.25, -0.2) is 4.39 Å². The number of halogens is 2. The van der Waals surface area contributed by atoms with E-state index in [1.807, 2.05) is 13.1 Å². The third-order valence-electron chi connectivity index (χ3n) is 3.73. The van der Waals surface area contributed by atoms with Gasteiger partial charge in [-0.3, -0.25) is 0 Å². The van der Waals surface area contributed by atoms with Crippen LogP contribution in [0.15, 0.2) is 22.7 Å². The molecule has 1 heterocycles. The molecule has 0 spiro atoms. The van der Waals surface area contributed by atoms with Crippen molar-refractivity contribution in [2.24, 2.45) is 0 Å². The molecule has 0 aliphatic carbocycles. The lowest BCUT2D eigenvalue weighted by Crippen LogP contribution is -2.45. The number of hydrogen-bond donors (Lipinski definition) is 1. The van der Waals surface area contributed by atoms with Crippen LogP contribution in [-0.2, 0) is 6.42 Å². The number of likely N-dealkylation sites (N-methyl/N-ethyl adjacent to an activating group) is 1. The van der Waals surface area contributed by atoms with Crippen LogP contribution in [0, 0.1) is 5.82 Å². The Kier molecular flexibility index (Phi) is 6.72. The van der Waals surface area contributed by atoms with Gasteiger partial charge in [0.2, 0.25) is 0 Å². The van der Waals surface area contributed by atoms with Crippen molar-refractivity contribution in [1.82, 2.24) is 5.32 Å². The zero-order valence-corrected chi connectivity index (χ0v) is 15.1. The number of nitrogens with one attached hydrogen (secondary N) is 1. The monoisotopic (exact) mass is 377 g/mol. The Hall–Kier alpha value is 0.290. The van der Waals surface area contributed by atoms with E-state index in [9.17, 15) is 4.39 Å². The van der Waals surface area contributed by atoms with Crippen molar-refractivity contribution in [3.63, 3.8) is 0 Å². The van der Waals surface area contributed by atoms with Gasteiger partial charge in [-0.05, 0) is 47.4 Å². The molecule has 1 fully saturated rings. The number of hydrogen-bond acceptors (Lipinski definition) is 3. The number of thioether (sulfide) groups is 2. The van der Waals surface area contributed by atoms with Crippen LogP contribution in [0.2, 0.25) is 0 Å². The van der Waals surface area contributed by atoms with E-state index in [1.54, 1.807) is 6.07 Å². The molecule has 1 aliphatic rings. The maximum atomic E-state index is 13.6. The second kappa shape index (κ2) is 8.06. The molecule has 1 saturated heterocycles. The summed E-state index contributed by atoms with van der Waals surface area (Å²) < 4.78 is 14.3. The number of rotatable bonds is 5. The van der Waals surface area contributed by atoms with E-state index in [1.165, 1.54) is 24.0 Å². The number of benzene rings is 1. The fourth-order valence-corrected chi connectivity index (χ4v) is 6.37. The first-order chi connectivity index (χ1) is 9.67. The van der Waals surface area contributed by atoms with Gasteiger partial charge in [0, 0.05) is 28.0 Å². The summed E-state index contributed by atoms with van der Waals surface area (Å²) >= 11 is 7.53. The second-order valence-electron chi connectivity index (χ2n) is 4.97. The van der Waals surface area contributed by atoms with Crippen LogP contribution in [-0.4, -0.2) is 35.1 Å². The first-order valence-electron chi connectivity index (χ1n) is 7.00. The molecule has 0 amide bonds. The lowest BCUT2D eigenvalue weighted by atomic mass is 10.00. The fourth-order valence-electron chi connectivity index (χ4n) is 2.64. The van der Waals surface area contributed by atoms with Gasteiger partial charge in [-0.15, -0.1) is 0 Å². The highest BCUT2D eigenvalue weighted by atomic mass is 79.9. The first kappa shape index (κ1) is 16.7. The van der Waals surface area contributed by atoms with Crippen LogP contribution in [0.4, 0.5) is 4.39 Å². The van der Waals surface area contributed by atoms with E-state index >= 15 is 0 Å². The highest BCUT2D eigenvalue weighted by Gasteiger charge is 2.31. The molecule has 2 rings (SSSR count). The fraction of sp³-hybridized carbons (Fsp3) is 0.600. The Bertz CT molecular complexity index is 444. The maximum Gasteiger partial charge on any atom is 0.137 e. The predicted octanol–water partition coefficient (Wildman–Crippen LogP) is 4.35. The lowest BCUT2D eigenvalue weighted by Gasteiger charge is -2.36. The minimum atomic E-state index is -0.171. The van der Waals surface area contributed by atoms with Crippen molar-refractivity contribution in [3.8, 4) is 0 Å². The molecule has 0 aromatic heterocycles. The zero-order chi connectivity index (χ0) is 14.5. The highest BCUT2D eigenvalue weighted by molar-refractivity contribution is 9.10. The lowest BCUT2D eigenvalue weighted by molar-refractivity contribution is 0.514. The summed E-state index contributed by atoms with van der Waals surface area (Å²) in [5.74, 6) is 2.30.